The minimum atomic E-state index is -0.913. The van der Waals surface area contributed by atoms with Crippen LogP contribution < -0.4 is 11.5 Å². The Balaban J connectivity index is 0. The molecule has 1 atom stereocenters. The van der Waals surface area contributed by atoms with Gasteiger partial charge in [0.15, 0.2) is 0 Å². The number of rotatable bonds is 5. The molecule has 5 N–H and O–H groups in total. The quantitative estimate of drug-likeness (QED) is 0.651. The van der Waals surface area contributed by atoms with Gasteiger partial charge >= 0.3 is 5.97 Å². The summed E-state index contributed by atoms with van der Waals surface area (Å²) in [5.74, 6) is 0.217. The van der Waals surface area contributed by atoms with Crippen molar-refractivity contribution in [3.8, 4) is 0 Å². The largest absolute Gasteiger partial charge is 0.480 e. The van der Waals surface area contributed by atoms with Gasteiger partial charge in [0.2, 0.25) is 0 Å². The Hall–Kier alpha value is -0.610. The molecule has 0 rings (SSSR count). The van der Waals surface area contributed by atoms with Crippen molar-refractivity contribution in [2.75, 3.05) is 6.54 Å². The van der Waals surface area contributed by atoms with Crippen LogP contribution in [0.3, 0.4) is 0 Å². The summed E-state index contributed by atoms with van der Waals surface area (Å²) >= 11 is 0. The molecule has 0 aromatic rings. The summed E-state index contributed by atoms with van der Waals surface area (Å²) in [7, 11) is 0. The van der Waals surface area contributed by atoms with Crippen molar-refractivity contribution < 1.29 is 9.90 Å². The minimum absolute atomic E-state index is 0.357. The van der Waals surface area contributed by atoms with Gasteiger partial charge in [0.25, 0.3) is 0 Å². The van der Waals surface area contributed by atoms with Gasteiger partial charge in [-0.15, -0.1) is 0 Å². The van der Waals surface area contributed by atoms with E-state index in [1.54, 1.807) is 0 Å². The Kier molecular flexibility index (Phi) is 11.1. The zero-order valence-electron chi connectivity index (χ0n) is 10.4. The van der Waals surface area contributed by atoms with Gasteiger partial charge < -0.3 is 16.6 Å². The van der Waals surface area contributed by atoms with Crippen molar-refractivity contribution >= 4 is 5.97 Å². The SMILES string of the molecule is CC(C)CC(N)C(=O)O.CC(C)CCN. The Labute approximate surface area is 93.0 Å². The second-order valence-electron chi connectivity index (χ2n) is 4.55. The van der Waals surface area contributed by atoms with Crippen molar-refractivity contribution in [2.24, 2.45) is 23.3 Å². The van der Waals surface area contributed by atoms with Crippen LogP contribution in [0.4, 0.5) is 0 Å². The van der Waals surface area contributed by atoms with Crippen LogP contribution in [-0.2, 0) is 4.79 Å². The number of aliphatic carboxylic acids is 1. The number of hydrogen-bond donors (Lipinski definition) is 3. The lowest BCUT2D eigenvalue weighted by atomic mass is 10.1. The first-order valence-corrected chi connectivity index (χ1v) is 5.49. The van der Waals surface area contributed by atoms with Gasteiger partial charge in [-0.05, 0) is 31.2 Å². The summed E-state index contributed by atoms with van der Waals surface area (Å²) < 4.78 is 0. The Bertz CT molecular complexity index is 159. The standard InChI is InChI=1S/C6H13NO2.C5H13N/c1-4(2)3-5(7)6(8)9;1-5(2)3-4-6/h4-5H,3,7H2,1-2H3,(H,8,9);5H,3-4,6H2,1-2H3. The Morgan fingerprint density at radius 1 is 1.20 bits per heavy atom. The van der Waals surface area contributed by atoms with Gasteiger partial charge in [0.1, 0.15) is 6.04 Å². The molecule has 4 heteroatoms. The molecule has 0 aromatic carbocycles. The highest BCUT2D eigenvalue weighted by atomic mass is 16.4. The smallest absolute Gasteiger partial charge is 0.320 e. The number of carboxylic acid groups (broad SMARTS) is 1. The van der Waals surface area contributed by atoms with Crippen molar-refractivity contribution in [3.63, 3.8) is 0 Å². The van der Waals surface area contributed by atoms with Crippen LogP contribution in [0.25, 0.3) is 0 Å². The van der Waals surface area contributed by atoms with E-state index in [9.17, 15) is 4.79 Å². The zero-order chi connectivity index (χ0) is 12.4. The third-order valence-corrected chi connectivity index (χ3v) is 1.79. The second-order valence-corrected chi connectivity index (χ2v) is 4.55. The maximum atomic E-state index is 10.1. The molecule has 0 saturated heterocycles. The van der Waals surface area contributed by atoms with E-state index in [1.165, 1.54) is 0 Å². The highest BCUT2D eigenvalue weighted by Crippen LogP contribution is 2.01. The first-order chi connectivity index (χ1) is 6.81. The van der Waals surface area contributed by atoms with Gasteiger partial charge in [-0.25, -0.2) is 0 Å². The third kappa shape index (κ3) is 16.1. The summed E-state index contributed by atoms with van der Waals surface area (Å²) in [4.78, 5) is 10.1. The average Bonchev–Trinajstić information content (AvgIpc) is 2.03. The van der Waals surface area contributed by atoms with Crippen LogP contribution in [0.1, 0.15) is 40.5 Å². The molecule has 0 aliphatic heterocycles. The Morgan fingerprint density at radius 2 is 1.67 bits per heavy atom. The van der Waals surface area contributed by atoms with E-state index in [-0.39, 0.29) is 0 Å². The summed E-state index contributed by atoms with van der Waals surface area (Å²) in [6.45, 7) is 9.07. The first-order valence-electron chi connectivity index (χ1n) is 5.49. The maximum absolute atomic E-state index is 10.1. The molecular formula is C11H26N2O2. The van der Waals surface area contributed by atoms with Crippen LogP contribution in [0, 0.1) is 11.8 Å². The van der Waals surface area contributed by atoms with Crippen LogP contribution >= 0.6 is 0 Å². The van der Waals surface area contributed by atoms with Gasteiger partial charge in [-0.2, -0.15) is 0 Å². The molecule has 0 saturated carbocycles. The maximum Gasteiger partial charge on any atom is 0.320 e. The monoisotopic (exact) mass is 218 g/mol. The van der Waals surface area contributed by atoms with Crippen LogP contribution in [0.15, 0.2) is 0 Å². The molecule has 92 valence electrons. The van der Waals surface area contributed by atoms with Crippen LogP contribution in [-0.4, -0.2) is 23.7 Å². The molecule has 0 aromatic heterocycles. The van der Waals surface area contributed by atoms with E-state index in [0.29, 0.717) is 12.3 Å². The molecule has 0 spiro atoms. The topological polar surface area (TPSA) is 89.3 Å². The molecule has 0 heterocycles. The van der Waals surface area contributed by atoms with Gasteiger partial charge in [0, 0.05) is 0 Å². The highest BCUT2D eigenvalue weighted by molar-refractivity contribution is 5.72. The molecule has 0 bridgehead atoms. The average molecular weight is 218 g/mol. The van der Waals surface area contributed by atoms with E-state index in [2.05, 4.69) is 13.8 Å². The van der Waals surface area contributed by atoms with Gasteiger partial charge in [-0.3, -0.25) is 4.79 Å². The predicted octanol–water partition coefficient (Wildman–Crippen LogP) is 1.44. The van der Waals surface area contributed by atoms with Crippen molar-refractivity contribution in [1.29, 1.82) is 0 Å². The summed E-state index contributed by atoms with van der Waals surface area (Å²) in [6.07, 6.45) is 1.70. The van der Waals surface area contributed by atoms with E-state index < -0.39 is 12.0 Å². The second kappa shape index (κ2) is 9.93. The zero-order valence-corrected chi connectivity index (χ0v) is 10.4. The van der Waals surface area contributed by atoms with Crippen LogP contribution in [0.5, 0.6) is 0 Å². The van der Waals surface area contributed by atoms with Gasteiger partial charge in [0.05, 0.1) is 0 Å². The van der Waals surface area contributed by atoms with Crippen LogP contribution in [0.2, 0.25) is 0 Å². The summed E-state index contributed by atoms with van der Waals surface area (Å²) in [6, 6.07) is -0.690. The van der Waals surface area contributed by atoms with Gasteiger partial charge in [-0.1, -0.05) is 27.7 Å². The molecule has 0 aliphatic carbocycles. The molecule has 15 heavy (non-hydrogen) atoms. The van der Waals surface area contributed by atoms with Crippen molar-refractivity contribution in [3.05, 3.63) is 0 Å². The third-order valence-electron chi connectivity index (χ3n) is 1.79. The fourth-order valence-electron chi connectivity index (χ4n) is 0.942. The fraction of sp³-hybridized carbons (Fsp3) is 0.909. The van der Waals surface area contributed by atoms with E-state index >= 15 is 0 Å². The molecule has 4 nitrogen and oxygen atoms in total. The Morgan fingerprint density at radius 3 is 1.73 bits per heavy atom. The molecule has 0 fully saturated rings. The normalized spacial score (nSPS) is 12.3. The molecule has 0 amide bonds. The lowest BCUT2D eigenvalue weighted by molar-refractivity contribution is -0.138. The first kappa shape index (κ1) is 16.8. The van der Waals surface area contributed by atoms with E-state index in [0.717, 1.165) is 18.9 Å². The van der Waals surface area contributed by atoms with E-state index in [4.69, 9.17) is 16.6 Å². The van der Waals surface area contributed by atoms with Crippen molar-refractivity contribution in [2.45, 2.75) is 46.6 Å². The predicted molar refractivity (Wildman–Crippen MR) is 63.6 cm³/mol. The molecular weight excluding hydrogens is 192 g/mol. The number of carboxylic acids is 1. The number of carbonyl (C=O) groups is 1. The lowest BCUT2D eigenvalue weighted by Crippen LogP contribution is -2.31. The minimum Gasteiger partial charge on any atom is -0.480 e. The molecule has 1 unspecified atom stereocenters. The highest BCUT2D eigenvalue weighted by Gasteiger charge is 2.11. The fourth-order valence-corrected chi connectivity index (χ4v) is 0.942. The molecule has 0 aliphatic rings. The van der Waals surface area contributed by atoms with Crippen molar-refractivity contribution in [1.82, 2.24) is 0 Å². The number of nitrogens with two attached hydrogens (primary N) is 2. The summed E-state index contributed by atoms with van der Waals surface area (Å²) in [5, 5.41) is 8.31. The molecule has 0 radical (unpaired) electrons. The van der Waals surface area contributed by atoms with E-state index in [1.807, 2.05) is 13.8 Å². The number of hydrogen-bond acceptors (Lipinski definition) is 3. The summed E-state index contributed by atoms with van der Waals surface area (Å²) in [5.41, 5.74) is 10.4. The lowest BCUT2D eigenvalue weighted by Gasteiger charge is -2.07.